The molecule has 2 unspecified atom stereocenters. The Bertz CT molecular complexity index is 944. The molecule has 4 N–H and O–H groups in total. The lowest BCUT2D eigenvalue weighted by Crippen LogP contribution is -2.70. The highest BCUT2D eigenvalue weighted by Gasteiger charge is 2.54. The highest BCUT2D eigenvalue weighted by Crippen LogP contribution is 2.44. The first kappa shape index (κ1) is 21.6. The molecule has 1 aromatic heterocycles. The third-order valence-electron chi connectivity index (χ3n) is 4.34. The van der Waals surface area contributed by atoms with Crippen LogP contribution in [0, 0.1) is 11.3 Å². The van der Waals surface area contributed by atoms with Gasteiger partial charge in [-0.25, -0.2) is 4.79 Å². The molecule has 158 valence electrons. The molecule has 0 bridgehead atoms. The highest BCUT2D eigenvalue weighted by molar-refractivity contribution is 8.01. The van der Waals surface area contributed by atoms with Crippen molar-refractivity contribution in [1.29, 1.82) is 5.26 Å². The molecule has 2 aliphatic rings. The lowest BCUT2D eigenvalue weighted by Gasteiger charge is -2.50. The average molecular weight is 453 g/mol. The SMILES string of the molecule is N#CCC(=O)NC1C(=O)N2C(C(=O)O)=C(C(CCC(=O)O)Sc3nn[nH]n3)CS[C@@H]12. The minimum absolute atomic E-state index is 0.0935. The molecule has 0 aromatic carbocycles. The third kappa shape index (κ3) is 4.39. The molecule has 13 nitrogen and oxygen atoms in total. The van der Waals surface area contributed by atoms with Crippen LogP contribution in [0.25, 0.3) is 0 Å². The first-order valence-corrected chi connectivity index (χ1v) is 10.5. The van der Waals surface area contributed by atoms with Crippen LogP contribution in [0.15, 0.2) is 16.4 Å². The molecule has 1 fully saturated rings. The molecule has 1 saturated heterocycles. The molecule has 3 rings (SSSR count). The third-order valence-corrected chi connectivity index (χ3v) is 6.83. The van der Waals surface area contributed by atoms with Crippen molar-refractivity contribution in [3.63, 3.8) is 0 Å². The topological polar surface area (TPSA) is 202 Å². The van der Waals surface area contributed by atoms with E-state index in [0.29, 0.717) is 5.57 Å². The van der Waals surface area contributed by atoms with Gasteiger partial charge in [0.25, 0.3) is 5.91 Å². The predicted molar refractivity (Wildman–Crippen MR) is 101 cm³/mol. The van der Waals surface area contributed by atoms with Crippen molar-refractivity contribution in [3.8, 4) is 6.07 Å². The minimum atomic E-state index is -1.33. The van der Waals surface area contributed by atoms with Crippen LogP contribution in [-0.4, -0.2) is 81.9 Å². The monoisotopic (exact) mass is 453 g/mol. The van der Waals surface area contributed by atoms with Crippen molar-refractivity contribution in [3.05, 3.63) is 11.3 Å². The number of carbonyl (C=O) groups excluding carboxylic acids is 2. The van der Waals surface area contributed by atoms with Gasteiger partial charge in [0.1, 0.15) is 23.5 Å². The summed E-state index contributed by atoms with van der Waals surface area (Å²) in [5.74, 6) is -3.40. The molecule has 2 aliphatic heterocycles. The number of carbonyl (C=O) groups is 4. The molecule has 15 heteroatoms. The fraction of sp³-hybridized carbons (Fsp3) is 0.467. The summed E-state index contributed by atoms with van der Waals surface area (Å²) in [6.45, 7) is 0. The van der Waals surface area contributed by atoms with Crippen molar-refractivity contribution in [2.45, 2.75) is 41.1 Å². The number of aromatic nitrogens is 4. The van der Waals surface area contributed by atoms with Crippen LogP contribution in [0.5, 0.6) is 0 Å². The number of carboxylic acid groups (broad SMARTS) is 2. The van der Waals surface area contributed by atoms with Gasteiger partial charge in [0.05, 0.1) is 6.07 Å². The number of thioether (sulfide) groups is 2. The fourth-order valence-electron chi connectivity index (χ4n) is 3.07. The highest BCUT2D eigenvalue weighted by atomic mass is 32.2. The van der Waals surface area contributed by atoms with Crippen molar-refractivity contribution in [2.75, 3.05) is 5.75 Å². The normalized spacial score (nSPS) is 21.3. The van der Waals surface area contributed by atoms with Crippen molar-refractivity contribution in [1.82, 2.24) is 30.8 Å². The quantitative estimate of drug-likeness (QED) is 0.267. The van der Waals surface area contributed by atoms with E-state index in [4.69, 9.17) is 10.4 Å². The number of β-lactam (4-membered cyclic amide) rings is 1. The van der Waals surface area contributed by atoms with E-state index >= 15 is 0 Å². The van der Waals surface area contributed by atoms with Gasteiger partial charge in [-0.2, -0.15) is 10.5 Å². The summed E-state index contributed by atoms with van der Waals surface area (Å²) < 4.78 is 0. The smallest absolute Gasteiger partial charge is 0.352 e. The Kier molecular flexibility index (Phi) is 6.57. The zero-order valence-corrected chi connectivity index (χ0v) is 16.8. The van der Waals surface area contributed by atoms with E-state index in [1.165, 1.54) is 11.8 Å². The number of aliphatic carboxylic acids is 2. The summed E-state index contributed by atoms with van der Waals surface area (Å²) in [5, 5.41) is 42.2. The van der Waals surface area contributed by atoms with Gasteiger partial charge in [-0.05, 0) is 17.2 Å². The van der Waals surface area contributed by atoms with Gasteiger partial charge in [-0.1, -0.05) is 11.8 Å². The maximum absolute atomic E-state index is 12.6. The van der Waals surface area contributed by atoms with Gasteiger partial charge < -0.3 is 15.5 Å². The van der Waals surface area contributed by atoms with E-state index in [9.17, 15) is 24.3 Å². The molecule has 3 atom stereocenters. The second kappa shape index (κ2) is 9.13. The summed E-state index contributed by atoms with van der Waals surface area (Å²) in [6, 6.07) is 0.761. The summed E-state index contributed by atoms with van der Waals surface area (Å²) in [5.41, 5.74) is 0.135. The van der Waals surface area contributed by atoms with E-state index in [1.807, 2.05) is 0 Å². The van der Waals surface area contributed by atoms with E-state index in [-0.39, 0.29) is 29.4 Å². The van der Waals surface area contributed by atoms with Crippen LogP contribution in [0.3, 0.4) is 0 Å². The van der Waals surface area contributed by atoms with E-state index < -0.39 is 46.8 Å². The maximum Gasteiger partial charge on any atom is 0.352 e. The number of H-pyrrole nitrogens is 1. The summed E-state index contributed by atoms with van der Waals surface area (Å²) in [7, 11) is 0. The second-order valence-corrected chi connectivity index (χ2v) is 8.48. The molecular formula is C15H15N7O6S2. The number of carboxylic acids is 2. The molecule has 0 saturated carbocycles. The predicted octanol–water partition coefficient (Wildman–Crippen LogP) is -0.823. The van der Waals surface area contributed by atoms with Gasteiger partial charge in [0.15, 0.2) is 0 Å². The molecule has 0 radical (unpaired) electrons. The summed E-state index contributed by atoms with van der Waals surface area (Å²) in [4.78, 5) is 48.4. The fourth-order valence-corrected chi connectivity index (χ4v) is 5.61. The van der Waals surface area contributed by atoms with Gasteiger partial charge in [0, 0.05) is 17.4 Å². The Hall–Kier alpha value is -3.12. The first-order chi connectivity index (χ1) is 14.3. The van der Waals surface area contributed by atoms with Crippen LogP contribution in [0.1, 0.15) is 19.3 Å². The number of nitriles is 1. The number of rotatable bonds is 9. The van der Waals surface area contributed by atoms with Gasteiger partial charge in [-0.3, -0.25) is 19.3 Å². The Balaban J connectivity index is 1.88. The van der Waals surface area contributed by atoms with Gasteiger partial charge in [0.2, 0.25) is 11.1 Å². The van der Waals surface area contributed by atoms with Crippen LogP contribution in [0.4, 0.5) is 0 Å². The number of hydrogen-bond donors (Lipinski definition) is 4. The van der Waals surface area contributed by atoms with Crippen molar-refractivity contribution < 1.29 is 29.4 Å². The number of nitrogens with zero attached hydrogens (tertiary/aromatic N) is 5. The number of aromatic amines is 1. The van der Waals surface area contributed by atoms with Crippen LogP contribution in [-0.2, 0) is 19.2 Å². The Morgan fingerprint density at radius 3 is 2.80 bits per heavy atom. The summed E-state index contributed by atoms with van der Waals surface area (Å²) in [6.07, 6.45) is -0.538. The Morgan fingerprint density at radius 2 is 2.20 bits per heavy atom. The molecule has 0 aliphatic carbocycles. The molecule has 0 spiro atoms. The lowest BCUT2D eigenvalue weighted by atomic mass is 9.99. The number of amides is 2. The second-order valence-electron chi connectivity index (χ2n) is 6.20. The molecule has 30 heavy (non-hydrogen) atoms. The molecule has 1 aromatic rings. The summed E-state index contributed by atoms with van der Waals surface area (Å²) >= 11 is 2.30. The molecule has 2 amide bonds. The van der Waals surface area contributed by atoms with E-state index in [1.54, 1.807) is 6.07 Å². The maximum atomic E-state index is 12.6. The molecule has 3 heterocycles. The zero-order chi connectivity index (χ0) is 21.8. The van der Waals surface area contributed by atoms with E-state index in [2.05, 4.69) is 25.9 Å². The lowest BCUT2D eigenvalue weighted by molar-refractivity contribution is -0.150. The minimum Gasteiger partial charge on any atom is -0.481 e. The number of hydrogen-bond acceptors (Lipinski definition) is 10. The first-order valence-electron chi connectivity index (χ1n) is 8.52. The number of tetrazole rings is 1. The number of fused-ring (bicyclic) bond motifs is 1. The van der Waals surface area contributed by atoms with E-state index in [0.717, 1.165) is 16.7 Å². The average Bonchev–Trinajstić information content (AvgIpc) is 3.21. The van der Waals surface area contributed by atoms with Crippen molar-refractivity contribution in [2.24, 2.45) is 0 Å². The van der Waals surface area contributed by atoms with Crippen LogP contribution in [0.2, 0.25) is 0 Å². The van der Waals surface area contributed by atoms with Gasteiger partial charge in [-0.15, -0.1) is 22.0 Å². The van der Waals surface area contributed by atoms with Crippen molar-refractivity contribution >= 4 is 47.3 Å². The van der Waals surface area contributed by atoms with Gasteiger partial charge >= 0.3 is 11.9 Å². The van der Waals surface area contributed by atoms with Crippen LogP contribution < -0.4 is 5.32 Å². The Morgan fingerprint density at radius 1 is 1.43 bits per heavy atom. The number of nitrogens with one attached hydrogen (secondary N) is 2. The zero-order valence-electron chi connectivity index (χ0n) is 15.1. The molecular weight excluding hydrogens is 438 g/mol. The Labute approximate surface area is 177 Å². The van der Waals surface area contributed by atoms with Crippen LogP contribution >= 0.6 is 23.5 Å². The standard InChI is InChI=1S/C15H15N7O6S2/c16-4-3-8(23)17-10-12(26)22-11(14(27)28)6(5-29-13(10)22)7(1-2-9(24)25)30-15-18-20-21-19-15/h7,10,13H,1-3,5H2,(H,17,23)(H,24,25)(H,27,28)(H,18,19,20,21)/t7?,10?,13-/m0/s1. The largest absolute Gasteiger partial charge is 0.481 e.